The van der Waals surface area contributed by atoms with Crippen molar-refractivity contribution < 1.29 is 17.9 Å². The number of nitrogens with zero attached hydrogens (tertiary/aromatic N) is 4. The van der Waals surface area contributed by atoms with Crippen molar-refractivity contribution in [2.45, 2.75) is 38.5 Å². The van der Waals surface area contributed by atoms with Gasteiger partial charge in [-0.25, -0.2) is 0 Å². The molecule has 0 bridgehead atoms. The second-order valence-corrected chi connectivity index (χ2v) is 11.0. The summed E-state index contributed by atoms with van der Waals surface area (Å²) in [7, 11) is -1.82. The van der Waals surface area contributed by atoms with E-state index in [1.165, 1.54) is 0 Å². The van der Waals surface area contributed by atoms with Crippen molar-refractivity contribution in [1.82, 2.24) is 13.5 Å². The molecule has 3 saturated heterocycles. The smallest absolute Gasteiger partial charge is 0.281 e. The van der Waals surface area contributed by atoms with Crippen molar-refractivity contribution in [3.05, 3.63) is 24.3 Å². The summed E-state index contributed by atoms with van der Waals surface area (Å²) in [6, 6.07) is 7.99. The van der Waals surface area contributed by atoms with Gasteiger partial charge in [-0.05, 0) is 49.9 Å². The Bertz CT molecular complexity index is 860. The summed E-state index contributed by atoms with van der Waals surface area (Å²) in [5, 5.41) is 0. The average molecular weight is 465 g/mol. The van der Waals surface area contributed by atoms with E-state index in [1.807, 2.05) is 29.2 Å². The molecule has 178 valence electrons. The molecule has 0 spiro atoms. The van der Waals surface area contributed by atoms with E-state index in [-0.39, 0.29) is 11.8 Å². The second-order valence-electron chi connectivity index (χ2n) is 9.03. The van der Waals surface area contributed by atoms with E-state index in [1.54, 1.807) is 15.7 Å². The normalized spacial score (nSPS) is 24.2. The number of benzene rings is 1. The molecular formula is C23H36N4O4S. The Morgan fingerprint density at radius 2 is 1.47 bits per heavy atom. The molecule has 32 heavy (non-hydrogen) atoms. The van der Waals surface area contributed by atoms with Gasteiger partial charge in [-0.3, -0.25) is 4.79 Å². The highest BCUT2D eigenvalue weighted by molar-refractivity contribution is 7.86. The zero-order chi connectivity index (χ0) is 22.6. The van der Waals surface area contributed by atoms with Gasteiger partial charge >= 0.3 is 0 Å². The van der Waals surface area contributed by atoms with Crippen molar-refractivity contribution >= 4 is 21.8 Å². The molecule has 0 saturated carbocycles. The Labute approximate surface area is 192 Å². The topological polar surface area (TPSA) is 73.4 Å². The summed E-state index contributed by atoms with van der Waals surface area (Å²) < 4.78 is 34.8. The van der Waals surface area contributed by atoms with Crippen LogP contribution in [0.2, 0.25) is 0 Å². The zero-order valence-corrected chi connectivity index (χ0v) is 19.9. The number of piperidine rings is 1. The van der Waals surface area contributed by atoms with Gasteiger partial charge in [-0.15, -0.1) is 0 Å². The van der Waals surface area contributed by atoms with Crippen LogP contribution >= 0.6 is 0 Å². The standard InChI is InChI=1S/C23H36N4O4S/c1-31-22-10-8-21(9-11-22)24-15-17-25(18-16-24)23(28)20-7-6-14-27(19-20)32(29,30)26-12-4-2-3-5-13-26/h8-11,20H,2-7,12-19H2,1H3/t20-/m0/s1. The summed E-state index contributed by atoms with van der Waals surface area (Å²) in [6.45, 7) is 4.93. The fourth-order valence-corrected chi connectivity index (χ4v) is 6.80. The number of hydrogen-bond donors (Lipinski definition) is 0. The molecule has 1 atom stereocenters. The molecule has 9 heteroatoms. The maximum atomic E-state index is 13.2. The third-order valence-electron chi connectivity index (χ3n) is 6.98. The van der Waals surface area contributed by atoms with E-state index >= 15 is 0 Å². The lowest BCUT2D eigenvalue weighted by Crippen LogP contribution is -2.54. The molecule has 8 nitrogen and oxygen atoms in total. The number of ether oxygens (including phenoxy) is 1. The number of rotatable bonds is 5. The first kappa shape index (κ1) is 23.3. The van der Waals surface area contributed by atoms with Crippen LogP contribution in [-0.2, 0) is 15.0 Å². The lowest BCUT2D eigenvalue weighted by Gasteiger charge is -2.40. The molecule has 0 radical (unpaired) electrons. The van der Waals surface area contributed by atoms with Gasteiger partial charge in [0.1, 0.15) is 5.75 Å². The monoisotopic (exact) mass is 464 g/mol. The van der Waals surface area contributed by atoms with Crippen molar-refractivity contribution in [1.29, 1.82) is 0 Å². The van der Waals surface area contributed by atoms with Crippen LogP contribution in [0.25, 0.3) is 0 Å². The predicted octanol–water partition coefficient (Wildman–Crippen LogP) is 2.18. The summed E-state index contributed by atoms with van der Waals surface area (Å²) in [5.41, 5.74) is 1.13. The van der Waals surface area contributed by atoms with Crippen molar-refractivity contribution in [3.8, 4) is 5.75 Å². The Balaban J connectivity index is 1.33. The minimum Gasteiger partial charge on any atom is -0.497 e. The largest absolute Gasteiger partial charge is 0.497 e. The Morgan fingerprint density at radius 3 is 2.09 bits per heavy atom. The van der Waals surface area contributed by atoms with E-state index in [4.69, 9.17) is 4.74 Å². The lowest BCUT2D eigenvalue weighted by molar-refractivity contribution is -0.137. The molecule has 1 aromatic rings. The van der Waals surface area contributed by atoms with Crippen molar-refractivity contribution in [3.63, 3.8) is 0 Å². The molecule has 3 heterocycles. The number of carbonyl (C=O) groups is 1. The van der Waals surface area contributed by atoms with Crippen LogP contribution in [0.3, 0.4) is 0 Å². The third kappa shape index (κ3) is 5.21. The highest BCUT2D eigenvalue weighted by Crippen LogP contribution is 2.26. The van der Waals surface area contributed by atoms with E-state index < -0.39 is 10.2 Å². The first-order valence-electron chi connectivity index (χ1n) is 11.9. The van der Waals surface area contributed by atoms with E-state index in [0.29, 0.717) is 39.3 Å². The molecular weight excluding hydrogens is 428 g/mol. The quantitative estimate of drug-likeness (QED) is 0.668. The SMILES string of the molecule is COc1ccc(N2CCN(C(=O)[C@H]3CCCN(S(=O)(=O)N4CCCCCC4)C3)CC2)cc1. The predicted molar refractivity (Wildman–Crippen MR) is 125 cm³/mol. The number of piperazine rings is 1. The van der Waals surface area contributed by atoms with Gasteiger partial charge in [0.2, 0.25) is 5.91 Å². The minimum absolute atomic E-state index is 0.107. The molecule has 4 rings (SSSR count). The molecule has 3 fully saturated rings. The summed E-state index contributed by atoms with van der Waals surface area (Å²) in [6.07, 6.45) is 5.55. The first-order chi connectivity index (χ1) is 15.5. The third-order valence-corrected chi connectivity index (χ3v) is 8.98. The van der Waals surface area contributed by atoms with Gasteiger partial charge in [0.15, 0.2) is 0 Å². The van der Waals surface area contributed by atoms with Crippen molar-refractivity contribution in [2.75, 3.05) is 64.4 Å². The molecule has 0 aromatic heterocycles. The first-order valence-corrected chi connectivity index (χ1v) is 13.3. The fourth-order valence-electron chi connectivity index (χ4n) is 5.03. The summed E-state index contributed by atoms with van der Waals surface area (Å²) in [5.74, 6) is 0.702. The molecule has 1 aromatic carbocycles. The molecule has 0 aliphatic carbocycles. The van der Waals surface area contributed by atoms with Gasteiger partial charge in [0, 0.05) is 58.0 Å². The number of carbonyl (C=O) groups excluding carboxylic acids is 1. The van der Waals surface area contributed by atoms with Crippen LogP contribution in [-0.4, -0.2) is 87.3 Å². The second kappa shape index (κ2) is 10.4. The van der Waals surface area contributed by atoms with E-state index in [0.717, 1.165) is 63.1 Å². The van der Waals surface area contributed by atoms with Crippen LogP contribution in [0.5, 0.6) is 5.75 Å². The van der Waals surface area contributed by atoms with E-state index in [2.05, 4.69) is 4.90 Å². The lowest BCUT2D eigenvalue weighted by atomic mass is 9.97. The number of methoxy groups -OCH3 is 1. The minimum atomic E-state index is -3.48. The van der Waals surface area contributed by atoms with Crippen LogP contribution in [0.15, 0.2) is 24.3 Å². The maximum absolute atomic E-state index is 13.2. The van der Waals surface area contributed by atoms with Crippen LogP contribution < -0.4 is 9.64 Å². The summed E-state index contributed by atoms with van der Waals surface area (Å²) in [4.78, 5) is 17.4. The number of hydrogen-bond acceptors (Lipinski definition) is 5. The number of anilines is 1. The molecule has 0 N–H and O–H groups in total. The maximum Gasteiger partial charge on any atom is 0.281 e. The van der Waals surface area contributed by atoms with Gasteiger partial charge < -0.3 is 14.5 Å². The molecule has 0 unspecified atom stereocenters. The van der Waals surface area contributed by atoms with Gasteiger partial charge in [-0.2, -0.15) is 17.0 Å². The molecule has 3 aliphatic heterocycles. The van der Waals surface area contributed by atoms with Gasteiger partial charge in [0.05, 0.1) is 13.0 Å². The van der Waals surface area contributed by atoms with Gasteiger partial charge in [0.25, 0.3) is 10.2 Å². The summed E-state index contributed by atoms with van der Waals surface area (Å²) >= 11 is 0. The van der Waals surface area contributed by atoms with Crippen LogP contribution in [0, 0.1) is 5.92 Å². The molecule has 3 aliphatic rings. The average Bonchev–Trinajstić information content (AvgIpc) is 3.14. The Morgan fingerprint density at radius 1 is 0.844 bits per heavy atom. The number of amides is 1. The van der Waals surface area contributed by atoms with Crippen molar-refractivity contribution in [2.24, 2.45) is 5.92 Å². The highest BCUT2D eigenvalue weighted by Gasteiger charge is 2.37. The Kier molecular flexibility index (Phi) is 7.58. The molecule has 1 amide bonds. The van der Waals surface area contributed by atoms with Crippen LogP contribution in [0.1, 0.15) is 38.5 Å². The van der Waals surface area contributed by atoms with Crippen LogP contribution in [0.4, 0.5) is 5.69 Å². The highest BCUT2D eigenvalue weighted by atomic mass is 32.2. The Hall–Kier alpha value is -1.84. The fraction of sp³-hybridized carbons (Fsp3) is 0.696. The zero-order valence-electron chi connectivity index (χ0n) is 19.1. The van der Waals surface area contributed by atoms with E-state index in [9.17, 15) is 13.2 Å². The van der Waals surface area contributed by atoms with Gasteiger partial charge in [-0.1, -0.05) is 12.8 Å².